The molecular weight excluding hydrogens is 483 g/mol. The van der Waals surface area contributed by atoms with Gasteiger partial charge in [-0.05, 0) is 68.7 Å². The molecule has 0 aromatic heterocycles. The Kier molecular flexibility index (Phi) is 8.63. The molecule has 2 N–H and O–H groups in total. The van der Waals surface area contributed by atoms with Gasteiger partial charge in [0.15, 0.2) is 0 Å². The van der Waals surface area contributed by atoms with E-state index < -0.39 is 38.7 Å². The Morgan fingerprint density at radius 2 is 1.89 bits per heavy atom. The van der Waals surface area contributed by atoms with Crippen LogP contribution in [0.1, 0.15) is 68.9 Å². The summed E-state index contributed by atoms with van der Waals surface area (Å²) in [6, 6.07) is 2.38. The van der Waals surface area contributed by atoms with E-state index in [0.717, 1.165) is 42.3 Å². The molecule has 1 aromatic carbocycles. The Balaban J connectivity index is 1.96. The van der Waals surface area contributed by atoms with E-state index in [1.54, 1.807) is 6.92 Å². The molecule has 0 bridgehead atoms. The third-order valence-electron chi connectivity index (χ3n) is 6.72. The third kappa shape index (κ3) is 6.24. The Morgan fingerprint density at radius 1 is 1.20 bits per heavy atom. The van der Waals surface area contributed by atoms with Crippen molar-refractivity contribution in [1.82, 2.24) is 9.62 Å². The average Bonchev–Trinajstić information content (AvgIpc) is 3.36. The first-order valence-electron chi connectivity index (χ1n) is 11.8. The summed E-state index contributed by atoms with van der Waals surface area (Å²) in [4.78, 5) is 11.3. The van der Waals surface area contributed by atoms with Crippen molar-refractivity contribution in [1.29, 1.82) is 5.41 Å². The Hall–Kier alpha value is -2.40. The number of sulfonamides is 1. The fraction of sp³-hybridized carbons (Fsp3) is 0.583. The number of hydrogen-bond donors (Lipinski definition) is 2. The maximum Gasteiger partial charge on any atom is 0.416 e. The summed E-state index contributed by atoms with van der Waals surface area (Å²) >= 11 is 0. The van der Waals surface area contributed by atoms with E-state index in [0.29, 0.717) is 42.2 Å². The van der Waals surface area contributed by atoms with Crippen molar-refractivity contribution < 1.29 is 31.1 Å². The van der Waals surface area contributed by atoms with Gasteiger partial charge < -0.3 is 15.5 Å². The van der Waals surface area contributed by atoms with Crippen LogP contribution < -0.4 is 5.32 Å². The zero-order chi connectivity index (χ0) is 25.8. The van der Waals surface area contributed by atoms with Crippen LogP contribution in [0.3, 0.4) is 0 Å². The van der Waals surface area contributed by atoms with Crippen molar-refractivity contribution >= 4 is 22.2 Å². The van der Waals surface area contributed by atoms with E-state index in [1.807, 2.05) is 0 Å². The van der Waals surface area contributed by atoms with Crippen molar-refractivity contribution in [2.75, 3.05) is 20.2 Å². The second-order valence-corrected chi connectivity index (χ2v) is 10.9. The number of allylic oxidation sites excluding steroid dienone is 1. The first kappa shape index (κ1) is 27.2. The van der Waals surface area contributed by atoms with Gasteiger partial charge in [0.25, 0.3) is 0 Å². The third-order valence-corrected chi connectivity index (χ3v) is 8.56. The van der Waals surface area contributed by atoms with Crippen LogP contribution in [0.5, 0.6) is 0 Å². The van der Waals surface area contributed by atoms with Gasteiger partial charge in [-0.1, -0.05) is 12.8 Å². The van der Waals surface area contributed by atoms with Gasteiger partial charge in [-0.25, -0.2) is 8.42 Å². The molecule has 3 rings (SSSR count). The fourth-order valence-electron chi connectivity index (χ4n) is 4.88. The van der Waals surface area contributed by atoms with E-state index in [1.165, 1.54) is 13.1 Å². The topological polar surface area (TPSA) is 99.6 Å². The number of benzene rings is 1. The highest BCUT2D eigenvalue weighted by molar-refractivity contribution is 7.89. The second kappa shape index (κ2) is 11.1. The maximum absolute atomic E-state index is 13.7. The molecule has 0 unspecified atom stereocenters. The van der Waals surface area contributed by atoms with Crippen LogP contribution in [0.15, 0.2) is 34.4 Å². The maximum atomic E-state index is 13.7. The van der Waals surface area contributed by atoms with Crippen LogP contribution in [0.4, 0.5) is 13.2 Å². The molecule has 0 heterocycles. The quantitative estimate of drug-likeness (QED) is 0.370. The SMILES string of the molecule is CCOC(=O)CNC1=C(C=N)[C@H](N(C)S(=O)(=O)c2cc(C3CCCC3)cc(C(F)(F)F)c2)CCC1. The van der Waals surface area contributed by atoms with Crippen LogP contribution in [-0.2, 0) is 25.7 Å². The molecule has 2 aliphatic carbocycles. The average molecular weight is 516 g/mol. The summed E-state index contributed by atoms with van der Waals surface area (Å²) < 4.78 is 74.1. The summed E-state index contributed by atoms with van der Waals surface area (Å²) in [6.07, 6.45) is 1.14. The number of carbonyl (C=O) groups excluding carboxylic acids is 1. The molecule has 194 valence electrons. The smallest absolute Gasteiger partial charge is 0.416 e. The predicted octanol–water partition coefficient (Wildman–Crippen LogP) is 4.59. The first-order valence-corrected chi connectivity index (χ1v) is 13.3. The molecule has 2 aliphatic rings. The number of nitrogens with zero attached hydrogens (tertiary/aromatic N) is 1. The first-order chi connectivity index (χ1) is 16.5. The summed E-state index contributed by atoms with van der Waals surface area (Å²) in [7, 11) is -2.98. The number of halogens is 3. The van der Waals surface area contributed by atoms with Crippen molar-refractivity contribution in [2.45, 2.75) is 74.9 Å². The molecule has 1 atom stereocenters. The lowest BCUT2D eigenvalue weighted by Gasteiger charge is -2.33. The van der Waals surface area contributed by atoms with Gasteiger partial charge in [-0.15, -0.1) is 0 Å². The molecule has 1 aromatic rings. The zero-order valence-corrected chi connectivity index (χ0v) is 20.8. The number of nitrogens with one attached hydrogen (secondary N) is 2. The standard InChI is InChI=1S/C24H32F3N3O4S/c1-3-34-23(31)15-29-21-9-6-10-22(20(21)14-28)30(2)35(32,33)19-12-17(16-7-4-5-8-16)11-18(13-19)24(25,26)27/h11-14,16,22,28-29H,3-10,15H2,1-2H3/t22-/m1/s1. The molecule has 0 amide bonds. The molecule has 0 spiro atoms. The molecule has 0 saturated heterocycles. The fourth-order valence-corrected chi connectivity index (χ4v) is 6.33. The molecule has 1 fully saturated rings. The molecule has 1 saturated carbocycles. The van der Waals surface area contributed by atoms with Crippen molar-refractivity contribution in [3.8, 4) is 0 Å². The van der Waals surface area contributed by atoms with E-state index >= 15 is 0 Å². The molecule has 0 radical (unpaired) electrons. The molecule has 35 heavy (non-hydrogen) atoms. The van der Waals surface area contributed by atoms with Gasteiger partial charge in [0.05, 0.1) is 23.1 Å². The highest BCUT2D eigenvalue weighted by Gasteiger charge is 2.37. The largest absolute Gasteiger partial charge is 0.465 e. The lowest BCUT2D eigenvalue weighted by Crippen LogP contribution is -2.42. The predicted molar refractivity (Wildman–Crippen MR) is 126 cm³/mol. The van der Waals surface area contributed by atoms with Crippen LogP contribution in [-0.4, -0.2) is 51.1 Å². The van der Waals surface area contributed by atoms with Crippen molar-refractivity contribution in [2.24, 2.45) is 0 Å². The monoisotopic (exact) mass is 515 g/mol. The summed E-state index contributed by atoms with van der Waals surface area (Å²) in [5.41, 5.74) is 0.362. The van der Waals surface area contributed by atoms with Crippen LogP contribution >= 0.6 is 0 Å². The number of ether oxygens (including phenoxy) is 1. The summed E-state index contributed by atoms with van der Waals surface area (Å²) in [5, 5.41) is 10.8. The molecule has 7 nitrogen and oxygen atoms in total. The zero-order valence-electron chi connectivity index (χ0n) is 20.0. The number of rotatable bonds is 9. The lowest BCUT2D eigenvalue weighted by molar-refractivity contribution is -0.142. The normalized spacial score (nSPS) is 19.8. The minimum atomic E-state index is -4.67. The van der Waals surface area contributed by atoms with Gasteiger partial charge in [0.2, 0.25) is 10.0 Å². The minimum absolute atomic E-state index is 0.0954. The van der Waals surface area contributed by atoms with Gasteiger partial charge in [-0.3, -0.25) is 4.79 Å². The van der Waals surface area contributed by atoms with Gasteiger partial charge in [0.1, 0.15) is 6.54 Å². The Labute approximate surface area is 204 Å². The lowest BCUT2D eigenvalue weighted by atomic mass is 9.92. The van der Waals surface area contributed by atoms with Crippen molar-refractivity contribution in [3.63, 3.8) is 0 Å². The van der Waals surface area contributed by atoms with Gasteiger partial charge in [-0.2, -0.15) is 17.5 Å². The molecule has 0 aliphatic heterocycles. The van der Waals surface area contributed by atoms with E-state index in [2.05, 4.69) is 5.32 Å². The Bertz CT molecular complexity index is 1080. The Morgan fingerprint density at radius 3 is 2.49 bits per heavy atom. The van der Waals surface area contributed by atoms with Gasteiger partial charge in [0, 0.05) is 24.5 Å². The number of hydrogen-bond acceptors (Lipinski definition) is 6. The number of esters is 1. The number of likely N-dealkylation sites (N-methyl/N-ethyl adjacent to an activating group) is 1. The number of alkyl halides is 3. The highest BCUT2D eigenvalue weighted by Crippen LogP contribution is 2.40. The summed E-state index contributed by atoms with van der Waals surface area (Å²) in [6.45, 7) is 1.78. The van der Waals surface area contributed by atoms with Crippen LogP contribution in [0, 0.1) is 5.41 Å². The van der Waals surface area contributed by atoms with E-state index in [4.69, 9.17) is 10.1 Å². The number of carbonyl (C=O) groups is 1. The van der Waals surface area contributed by atoms with Gasteiger partial charge >= 0.3 is 12.1 Å². The minimum Gasteiger partial charge on any atom is -0.465 e. The van der Waals surface area contributed by atoms with Crippen LogP contribution in [0.25, 0.3) is 0 Å². The molecular formula is C24H32F3N3O4S. The molecule has 11 heteroatoms. The van der Waals surface area contributed by atoms with E-state index in [9.17, 15) is 26.4 Å². The highest BCUT2D eigenvalue weighted by atomic mass is 32.2. The second-order valence-electron chi connectivity index (χ2n) is 8.94. The summed E-state index contributed by atoms with van der Waals surface area (Å²) in [5.74, 6) is -0.571. The van der Waals surface area contributed by atoms with Crippen LogP contribution in [0.2, 0.25) is 0 Å². The van der Waals surface area contributed by atoms with E-state index in [-0.39, 0.29) is 19.1 Å². The van der Waals surface area contributed by atoms with Crippen molar-refractivity contribution in [3.05, 3.63) is 40.6 Å².